The number of hydrogen-bond acceptors (Lipinski definition) is 4. The molecule has 0 aromatic heterocycles. The number of amides is 3. The van der Waals surface area contributed by atoms with Gasteiger partial charge in [0.1, 0.15) is 12.3 Å². The Morgan fingerprint density at radius 1 is 1.12 bits per heavy atom. The topological polar surface area (TPSA) is 75.7 Å². The number of rotatable bonds is 5. The van der Waals surface area contributed by atoms with Crippen molar-refractivity contribution in [2.75, 3.05) is 18.5 Å². The zero-order chi connectivity index (χ0) is 17.1. The summed E-state index contributed by atoms with van der Waals surface area (Å²) in [6.07, 6.45) is 5.00. The van der Waals surface area contributed by atoms with Gasteiger partial charge in [-0.3, -0.25) is 19.3 Å². The second kappa shape index (κ2) is 6.86. The largest absolute Gasteiger partial charge is 0.494 e. The fraction of sp³-hybridized carbons (Fsp3) is 0.389. The molecular weight excluding hydrogens is 308 g/mol. The SMILES string of the molecule is CCOc1ccc(NC(=O)CN2C(=O)[C@@H]3CC=CC[C@H]3C2=O)cc1. The molecule has 1 aliphatic heterocycles. The van der Waals surface area contributed by atoms with Crippen LogP contribution in [-0.2, 0) is 14.4 Å². The third-order valence-corrected chi connectivity index (χ3v) is 4.35. The molecule has 2 aliphatic rings. The average molecular weight is 328 g/mol. The highest BCUT2D eigenvalue weighted by Crippen LogP contribution is 2.34. The minimum Gasteiger partial charge on any atom is -0.494 e. The fourth-order valence-corrected chi connectivity index (χ4v) is 3.17. The zero-order valence-corrected chi connectivity index (χ0v) is 13.5. The van der Waals surface area contributed by atoms with Crippen molar-refractivity contribution in [1.82, 2.24) is 4.90 Å². The lowest BCUT2D eigenvalue weighted by molar-refractivity contribution is -0.142. The van der Waals surface area contributed by atoms with E-state index in [0.717, 1.165) is 10.6 Å². The van der Waals surface area contributed by atoms with Crippen LogP contribution in [0.25, 0.3) is 0 Å². The van der Waals surface area contributed by atoms with Gasteiger partial charge >= 0.3 is 0 Å². The predicted molar refractivity (Wildman–Crippen MR) is 88.3 cm³/mol. The standard InChI is InChI=1S/C18H20N2O4/c1-2-24-13-9-7-12(8-10-13)19-16(21)11-20-17(22)14-5-3-4-6-15(14)18(20)23/h3-4,7-10,14-15H,2,5-6,11H2,1H3,(H,19,21)/t14-,15-/m1/s1. The number of hydrogen-bond donors (Lipinski definition) is 1. The molecule has 1 aromatic carbocycles. The summed E-state index contributed by atoms with van der Waals surface area (Å²) in [6, 6.07) is 6.96. The quantitative estimate of drug-likeness (QED) is 0.662. The molecule has 3 rings (SSSR count). The first kappa shape index (κ1) is 16.2. The Balaban J connectivity index is 1.60. The number of carbonyl (C=O) groups excluding carboxylic acids is 3. The molecule has 3 amide bonds. The molecule has 6 heteroatoms. The number of benzene rings is 1. The highest BCUT2D eigenvalue weighted by molar-refractivity contribution is 6.08. The monoisotopic (exact) mass is 328 g/mol. The highest BCUT2D eigenvalue weighted by atomic mass is 16.5. The van der Waals surface area contributed by atoms with Gasteiger partial charge in [0.05, 0.1) is 18.4 Å². The second-order valence-electron chi connectivity index (χ2n) is 5.92. The van der Waals surface area contributed by atoms with Gasteiger partial charge in [-0.25, -0.2) is 0 Å². The minimum atomic E-state index is -0.382. The van der Waals surface area contributed by atoms with Crippen LogP contribution in [0.3, 0.4) is 0 Å². The molecule has 0 saturated carbocycles. The Labute approximate surface area is 140 Å². The van der Waals surface area contributed by atoms with Gasteiger partial charge < -0.3 is 10.1 Å². The second-order valence-corrected chi connectivity index (χ2v) is 5.92. The van der Waals surface area contributed by atoms with Crippen molar-refractivity contribution in [3.05, 3.63) is 36.4 Å². The number of ether oxygens (including phenoxy) is 1. The lowest BCUT2D eigenvalue weighted by Crippen LogP contribution is -2.38. The van der Waals surface area contributed by atoms with Crippen LogP contribution in [0.4, 0.5) is 5.69 Å². The maximum atomic E-state index is 12.3. The van der Waals surface area contributed by atoms with E-state index in [9.17, 15) is 14.4 Å². The number of likely N-dealkylation sites (tertiary alicyclic amines) is 1. The van der Waals surface area contributed by atoms with Crippen molar-refractivity contribution < 1.29 is 19.1 Å². The Morgan fingerprint density at radius 2 is 1.71 bits per heavy atom. The summed E-state index contributed by atoms with van der Waals surface area (Å²) in [5.41, 5.74) is 0.599. The molecular formula is C18H20N2O4. The first-order chi connectivity index (χ1) is 11.6. The van der Waals surface area contributed by atoms with E-state index < -0.39 is 0 Å². The Morgan fingerprint density at radius 3 is 2.25 bits per heavy atom. The third-order valence-electron chi connectivity index (χ3n) is 4.35. The smallest absolute Gasteiger partial charge is 0.244 e. The maximum Gasteiger partial charge on any atom is 0.244 e. The van der Waals surface area contributed by atoms with Crippen molar-refractivity contribution >= 4 is 23.4 Å². The molecule has 1 heterocycles. The first-order valence-corrected chi connectivity index (χ1v) is 8.13. The molecule has 6 nitrogen and oxygen atoms in total. The van der Waals surface area contributed by atoms with Gasteiger partial charge in [0.25, 0.3) is 0 Å². The van der Waals surface area contributed by atoms with Gasteiger partial charge in [-0.15, -0.1) is 0 Å². The van der Waals surface area contributed by atoms with Crippen LogP contribution in [0.2, 0.25) is 0 Å². The number of fused-ring (bicyclic) bond motifs is 1. The van der Waals surface area contributed by atoms with E-state index in [1.54, 1.807) is 24.3 Å². The summed E-state index contributed by atoms with van der Waals surface area (Å²) >= 11 is 0. The number of nitrogens with zero attached hydrogens (tertiary/aromatic N) is 1. The number of imide groups is 1. The Kier molecular flexibility index (Phi) is 4.64. The van der Waals surface area contributed by atoms with Gasteiger partial charge in [0, 0.05) is 5.69 Å². The van der Waals surface area contributed by atoms with Crippen LogP contribution in [0.15, 0.2) is 36.4 Å². The maximum absolute atomic E-state index is 12.3. The van der Waals surface area contributed by atoms with Crippen molar-refractivity contribution in [1.29, 1.82) is 0 Å². The number of carbonyl (C=O) groups is 3. The van der Waals surface area contributed by atoms with Crippen LogP contribution in [0.5, 0.6) is 5.75 Å². The van der Waals surface area contributed by atoms with Gasteiger partial charge in [-0.1, -0.05) is 12.2 Å². The van der Waals surface area contributed by atoms with E-state index in [-0.39, 0.29) is 36.1 Å². The van der Waals surface area contributed by atoms with Crippen molar-refractivity contribution in [2.45, 2.75) is 19.8 Å². The lowest BCUT2D eigenvalue weighted by Gasteiger charge is -2.14. The van der Waals surface area contributed by atoms with Crippen LogP contribution < -0.4 is 10.1 Å². The Bertz CT molecular complexity index is 655. The molecule has 0 unspecified atom stereocenters. The molecule has 1 N–H and O–H groups in total. The van der Waals surface area contributed by atoms with Gasteiger partial charge in [-0.05, 0) is 44.0 Å². The number of nitrogens with one attached hydrogen (secondary N) is 1. The fourth-order valence-electron chi connectivity index (χ4n) is 3.17. The summed E-state index contributed by atoms with van der Waals surface area (Å²) < 4.78 is 5.34. The third kappa shape index (κ3) is 3.18. The molecule has 1 fully saturated rings. The minimum absolute atomic E-state index is 0.238. The van der Waals surface area contributed by atoms with E-state index >= 15 is 0 Å². The van der Waals surface area contributed by atoms with Crippen molar-refractivity contribution in [2.24, 2.45) is 11.8 Å². The van der Waals surface area contributed by atoms with Gasteiger partial charge in [0.15, 0.2) is 0 Å². The molecule has 126 valence electrons. The molecule has 1 aliphatic carbocycles. The van der Waals surface area contributed by atoms with Gasteiger partial charge in [0.2, 0.25) is 17.7 Å². The van der Waals surface area contributed by atoms with Gasteiger partial charge in [-0.2, -0.15) is 0 Å². The number of anilines is 1. The first-order valence-electron chi connectivity index (χ1n) is 8.13. The zero-order valence-electron chi connectivity index (χ0n) is 13.5. The molecule has 2 atom stereocenters. The summed E-state index contributed by atoms with van der Waals surface area (Å²) in [4.78, 5) is 37.9. The van der Waals surface area contributed by atoms with E-state index in [2.05, 4.69) is 5.32 Å². The van der Waals surface area contributed by atoms with Crippen LogP contribution in [0.1, 0.15) is 19.8 Å². The van der Waals surface area contributed by atoms with E-state index in [4.69, 9.17) is 4.74 Å². The highest BCUT2D eigenvalue weighted by Gasteiger charge is 2.47. The molecule has 0 bridgehead atoms. The predicted octanol–water partition coefficient (Wildman–Crippen LogP) is 1.97. The van der Waals surface area contributed by atoms with E-state index in [1.807, 2.05) is 19.1 Å². The average Bonchev–Trinajstić information content (AvgIpc) is 2.82. The van der Waals surface area contributed by atoms with Crippen LogP contribution >= 0.6 is 0 Å². The normalized spacial score (nSPS) is 22.5. The van der Waals surface area contributed by atoms with Crippen LogP contribution in [-0.4, -0.2) is 35.8 Å². The molecule has 24 heavy (non-hydrogen) atoms. The molecule has 0 radical (unpaired) electrons. The van der Waals surface area contributed by atoms with Crippen molar-refractivity contribution in [3.8, 4) is 5.75 Å². The number of allylic oxidation sites excluding steroid dienone is 2. The Hall–Kier alpha value is -2.63. The summed E-state index contributed by atoms with van der Waals surface area (Å²) in [7, 11) is 0. The summed E-state index contributed by atoms with van der Waals surface area (Å²) in [5.74, 6) is -0.752. The van der Waals surface area contributed by atoms with E-state index in [0.29, 0.717) is 25.1 Å². The summed E-state index contributed by atoms with van der Waals surface area (Å²) in [6.45, 7) is 2.23. The molecule has 1 saturated heterocycles. The lowest BCUT2D eigenvalue weighted by atomic mass is 9.85. The molecule has 1 aromatic rings. The van der Waals surface area contributed by atoms with Crippen LogP contribution in [0, 0.1) is 11.8 Å². The van der Waals surface area contributed by atoms with Crippen molar-refractivity contribution in [3.63, 3.8) is 0 Å². The van der Waals surface area contributed by atoms with E-state index in [1.165, 1.54) is 0 Å². The molecule has 0 spiro atoms. The summed E-state index contributed by atoms with van der Waals surface area (Å²) in [5, 5.41) is 2.70.